The second kappa shape index (κ2) is 6.76. The molecule has 2 aromatic rings. The normalized spacial score (nSPS) is 13.0. The summed E-state index contributed by atoms with van der Waals surface area (Å²) < 4.78 is 29.8. The Morgan fingerprint density at radius 3 is 2.45 bits per heavy atom. The van der Waals surface area contributed by atoms with Crippen LogP contribution in [0, 0.1) is 0 Å². The van der Waals surface area contributed by atoms with Crippen molar-refractivity contribution in [1.82, 2.24) is 9.62 Å². The smallest absolute Gasteiger partial charge is 0.243 e. The van der Waals surface area contributed by atoms with Crippen LogP contribution in [-0.4, -0.2) is 31.9 Å². The second-order valence-electron chi connectivity index (χ2n) is 4.89. The quantitative estimate of drug-likeness (QED) is 0.874. The Hall–Kier alpha value is -2.12. The zero-order chi connectivity index (χ0) is 16.2. The number of benzene rings is 1. The molecule has 118 valence electrons. The molecular formula is C15H18N2O4S. The molecule has 0 aliphatic heterocycles. The zero-order valence-electron chi connectivity index (χ0n) is 12.4. The van der Waals surface area contributed by atoms with Gasteiger partial charge >= 0.3 is 0 Å². The Labute approximate surface area is 129 Å². The van der Waals surface area contributed by atoms with E-state index >= 15 is 0 Å². The van der Waals surface area contributed by atoms with E-state index in [4.69, 9.17) is 4.42 Å². The largest absolute Gasteiger partial charge is 0.467 e. The Balaban J connectivity index is 2.22. The number of nitrogens with one attached hydrogen (secondary N) is 1. The van der Waals surface area contributed by atoms with Crippen LogP contribution in [0.15, 0.2) is 53.1 Å². The number of likely N-dealkylation sites (N-methyl/N-ethyl adjacent to an activating group) is 1. The van der Waals surface area contributed by atoms with Crippen LogP contribution in [0.1, 0.15) is 17.4 Å². The van der Waals surface area contributed by atoms with Crippen molar-refractivity contribution in [3.63, 3.8) is 0 Å². The van der Waals surface area contributed by atoms with Crippen LogP contribution in [0.25, 0.3) is 0 Å². The summed E-state index contributed by atoms with van der Waals surface area (Å²) in [5, 5.41) is 2.70. The molecule has 1 heterocycles. The molecule has 22 heavy (non-hydrogen) atoms. The van der Waals surface area contributed by atoms with Crippen LogP contribution in [0.3, 0.4) is 0 Å². The fourth-order valence-corrected chi connectivity index (χ4v) is 2.64. The standard InChI is InChI=1S/C15H18N2O4S/c1-17(22(2,19)20)14(12-7-4-3-5-8-12)15(18)16-11-13-9-6-10-21-13/h3-10,14H,11H2,1-2H3,(H,16,18). The van der Waals surface area contributed by atoms with E-state index in [1.54, 1.807) is 36.4 Å². The van der Waals surface area contributed by atoms with Crippen molar-refractivity contribution in [2.45, 2.75) is 12.6 Å². The van der Waals surface area contributed by atoms with Gasteiger partial charge in [-0.3, -0.25) is 4.79 Å². The maximum absolute atomic E-state index is 12.5. The molecule has 1 aromatic heterocycles. The molecule has 0 bridgehead atoms. The van der Waals surface area contributed by atoms with E-state index in [1.165, 1.54) is 13.3 Å². The van der Waals surface area contributed by atoms with Gasteiger partial charge < -0.3 is 9.73 Å². The Kier molecular flexibility index (Phi) is 4.99. The first-order chi connectivity index (χ1) is 10.4. The lowest BCUT2D eigenvalue weighted by molar-refractivity contribution is -0.125. The summed E-state index contributed by atoms with van der Waals surface area (Å²) in [6.45, 7) is 0.201. The molecule has 0 aliphatic rings. The van der Waals surface area contributed by atoms with E-state index in [-0.39, 0.29) is 6.54 Å². The molecule has 0 fully saturated rings. The van der Waals surface area contributed by atoms with Gasteiger partial charge in [-0.25, -0.2) is 8.42 Å². The third-order valence-electron chi connectivity index (χ3n) is 3.27. The van der Waals surface area contributed by atoms with E-state index in [2.05, 4.69) is 5.32 Å². The molecule has 1 unspecified atom stereocenters. The molecule has 2 rings (SSSR count). The number of rotatable bonds is 6. The van der Waals surface area contributed by atoms with Gasteiger partial charge in [0.05, 0.1) is 19.1 Å². The highest BCUT2D eigenvalue weighted by atomic mass is 32.2. The third-order valence-corrected chi connectivity index (χ3v) is 4.52. The third kappa shape index (κ3) is 3.96. The van der Waals surface area contributed by atoms with E-state index in [1.807, 2.05) is 6.07 Å². The first-order valence-electron chi connectivity index (χ1n) is 6.67. The molecule has 1 amide bonds. The fourth-order valence-electron chi connectivity index (χ4n) is 2.04. The van der Waals surface area contributed by atoms with Gasteiger partial charge in [-0.05, 0) is 17.7 Å². The topological polar surface area (TPSA) is 79.6 Å². The molecule has 1 N–H and O–H groups in total. The second-order valence-corrected chi connectivity index (χ2v) is 6.93. The molecule has 1 atom stereocenters. The monoisotopic (exact) mass is 322 g/mol. The first kappa shape index (κ1) is 16.3. The summed E-state index contributed by atoms with van der Waals surface area (Å²) in [5.41, 5.74) is 0.604. The summed E-state index contributed by atoms with van der Waals surface area (Å²) in [6.07, 6.45) is 2.58. The van der Waals surface area contributed by atoms with Crippen molar-refractivity contribution < 1.29 is 17.6 Å². The van der Waals surface area contributed by atoms with Crippen LogP contribution < -0.4 is 5.32 Å². The highest BCUT2D eigenvalue weighted by Crippen LogP contribution is 2.22. The van der Waals surface area contributed by atoms with Crippen molar-refractivity contribution in [3.05, 3.63) is 60.1 Å². The average molecular weight is 322 g/mol. The summed E-state index contributed by atoms with van der Waals surface area (Å²) in [7, 11) is -2.13. The van der Waals surface area contributed by atoms with Crippen LogP contribution in [-0.2, 0) is 21.4 Å². The molecule has 0 saturated carbocycles. The van der Waals surface area contributed by atoms with Gasteiger partial charge in [0, 0.05) is 7.05 Å². The Morgan fingerprint density at radius 2 is 1.91 bits per heavy atom. The number of carbonyl (C=O) groups is 1. The summed E-state index contributed by atoms with van der Waals surface area (Å²) in [5.74, 6) is 0.192. The van der Waals surface area contributed by atoms with Gasteiger partial charge in [0.15, 0.2) is 0 Å². The van der Waals surface area contributed by atoms with E-state index in [0.29, 0.717) is 11.3 Å². The van der Waals surface area contributed by atoms with Gasteiger partial charge in [-0.15, -0.1) is 0 Å². The van der Waals surface area contributed by atoms with Gasteiger partial charge in [0.25, 0.3) is 0 Å². The lowest BCUT2D eigenvalue weighted by Crippen LogP contribution is -2.40. The van der Waals surface area contributed by atoms with E-state index in [9.17, 15) is 13.2 Å². The number of carbonyl (C=O) groups excluding carboxylic acids is 1. The van der Waals surface area contributed by atoms with Gasteiger partial charge in [-0.2, -0.15) is 4.31 Å². The molecule has 6 nitrogen and oxygen atoms in total. The van der Waals surface area contributed by atoms with Crippen LogP contribution >= 0.6 is 0 Å². The van der Waals surface area contributed by atoms with Crippen molar-refractivity contribution >= 4 is 15.9 Å². The van der Waals surface area contributed by atoms with E-state index in [0.717, 1.165) is 10.6 Å². The lowest BCUT2D eigenvalue weighted by Gasteiger charge is -2.25. The molecule has 1 aromatic carbocycles. The van der Waals surface area contributed by atoms with Gasteiger partial charge in [0.2, 0.25) is 15.9 Å². The lowest BCUT2D eigenvalue weighted by atomic mass is 10.1. The van der Waals surface area contributed by atoms with Crippen molar-refractivity contribution in [3.8, 4) is 0 Å². The van der Waals surface area contributed by atoms with Crippen molar-refractivity contribution in [1.29, 1.82) is 0 Å². The number of nitrogens with zero attached hydrogens (tertiary/aromatic N) is 1. The Morgan fingerprint density at radius 1 is 1.23 bits per heavy atom. The SMILES string of the molecule is CN(C(C(=O)NCc1ccco1)c1ccccc1)S(C)(=O)=O. The zero-order valence-corrected chi connectivity index (χ0v) is 13.2. The predicted molar refractivity (Wildman–Crippen MR) is 82.3 cm³/mol. The number of hydrogen-bond donors (Lipinski definition) is 1. The maximum Gasteiger partial charge on any atom is 0.243 e. The molecule has 0 aliphatic carbocycles. The predicted octanol–water partition coefficient (Wildman–Crippen LogP) is 1.53. The highest BCUT2D eigenvalue weighted by Gasteiger charge is 2.30. The summed E-state index contributed by atoms with van der Waals surface area (Å²) in [4.78, 5) is 12.5. The van der Waals surface area contributed by atoms with Gasteiger partial charge in [0.1, 0.15) is 11.8 Å². The van der Waals surface area contributed by atoms with Crippen molar-refractivity contribution in [2.24, 2.45) is 0 Å². The van der Waals surface area contributed by atoms with Crippen molar-refractivity contribution in [2.75, 3.05) is 13.3 Å². The Bertz CT molecular complexity index is 711. The van der Waals surface area contributed by atoms with Gasteiger partial charge in [-0.1, -0.05) is 30.3 Å². The molecule has 0 radical (unpaired) electrons. The molecular weight excluding hydrogens is 304 g/mol. The number of hydrogen-bond acceptors (Lipinski definition) is 4. The van der Waals surface area contributed by atoms with Crippen LogP contribution in [0.4, 0.5) is 0 Å². The summed E-state index contributed by atoms with van der Waals surface area (Å²) >= 11 is 0. The minimum absolute atomic E-state index is 0.201. The molecule has 7 heteroatoms. The van der Waals surface area contributed by atoms with Crippen LogP contribution in [0.2, 0.25) is 0 Å². The summed E-state index contributed by atoms with van der Waals surface area (Å²) in [6, 6.07) is 11.3. The van der Waals surface area contributed by atoms with Crippen LogP contribution in [0.5, 0.6) is 0 Å². The van der Waals surface area contributed by atoms with E-state index < -0.39 is 22.0 Å². The molecule has 0 spiro atoms. The fraction of sp³-hybridized carbons (Fsp3) is 0.267. The minimum Gasteiger partial charge on any atom is -0.467 e. The number of amides is 1. The average Bonchev–Trinajstić information content (AvgIpc) is 2.99. The number of sulfonamides is 1. The number of furan rings is 1. The minimum atomic E-state index is -3.52. The highest BCUT2D eigenvalue weighted by molar-refractivity contribution is 7.88. The maximum atomic E-state index is 12.5. The first-order valence-corrected chi connectivity index (χ1v) is 8.52. The molecule has 0 saturated heterocycles.